The molecule has 0 aliphatic heterocycles. The van der Waals surface area contributed by atoms with Gasteiger partial charge in [0.2, 0.25) is 0 Å². The lowest BCUT2D eigenvalue weighted by molar-refractivity contribution is 0.0470. The highest BCUT2D eigenvalue weighted by atomic mass is 16.6. The molecule has 1 amide bonds. The highest BCUT2D eigenvalue weighted by Gasteiger charge is 2.28. The number of carbonyl (C=O) groups excluding carboxylic acids is 1. The first kappa shape index (κ1) is 17.6. The lowest BCUT2D eigenvalue weighted by Gasteiger charge is -2.30. The van der Waals surface area contributed by atoms with Gasteiger partial charge in [0.05, 0.1) is 5.54 Å². The fourth-order valence-electron chi connectivity index (χ4n) is 2.85. The average molecular weight is 320 g/mol. The molecular formula is C18H28N2O3. The number of hydrogen-bond acceptors (Lipinski definition) is 4. The van der Waals surface area contributed by atoms with E-state index in [2.05, 4.69) is 10.6 Å². The van der Waals surface area contributed by atoms with Gasteiger partial charge in [-0.2, -0.15) is 0 Å². The Morgan fingerprint density at radius 3 is 2.65 bits per heavy atom. The van der Waals surface area contributed by atoms with Gasteiger partial charge in [0.1, 0.15) is 11.4 Å². The van der Waals surface area contributed by atoms with Crippen molar-refractivity contribution in [1.29, 1.82) is 0 Å². The Morgan fingerprint density at radius 2 is 2.00 bits per heavy atom. The number of aromatic hydroxyl groups is 1. The highest BCUT2D eigenvalue weighted by Crippen LogP contribution is 2.36. The number of carbonyl (C=O) groups is 1. The predicted molar refractivity (Wildman–Crippen MR) is 90.6 cm³/mol. The minimum absolute atomic E-state index is 0.205. The number of fused-ring (bicyclic) bond motifs is 1. The standard InChI is InChI=1S/C18H28N2O3/c1-17(2,3)23-16(22)20-18(4,5)11-19-14-10-9-13-12(14)7-6-8-15(13)21/h6-8,14,19,21H,9-11H2,1-5H3,(H,20,22). The molecule has 0 saturated heterocycles. The van der Waals surface area contributed by atoms with Crippen LogP contribution in [-0.4, -0.2) is 28.9 Å². The zero-order valence-electron chi connectivity index (χ0n) is 14.7. The van der Waals surface area contributed by atoms with Crippen molar-refractivity contribution in [3.8, 4) is 5.75 Å². The molecule has 0 fully saturated rings. The normalized spacial score (nSPS) is 17.7. The van der Waals surface area contributed by atoms with Gasteiger partial charge in [0.15, 0.2) is 0 Å². The molecule has 1 unspecified atom stereocenters. The van der Waals surface area contributed by atoms with E-state index < -0.39 is 17.2 Å². The van der Waals surface area contributed by atoms with Gasteiger partial charge >= 0.3 is 6.09 Å². The Bertz CT molecular complexity index is 576. The summed E-state index contributed by atoms with van der Waals surface area (Å²) in [6.45, 7) is 10.1. The van der Waals surface area contributed by atoms with Crippen molar-refractivity contribution in [2.45, 2.75) is 64.6 Å². The number of alkyl carbamates (subject to hydrolysis) is 1. The molecule has 0 aromatic heterocycles. The van der Waals surface area contributed by atoms with Crippen LogP contribution in [0.3, 0.4) is 0 Å². The van der Waals surface area contributed by atoms with Crippen LogP contribution in [0.15, 0.2) is 18.2 Å². The van der Waals surface area contributed by atoms with Crippen LogP contribution < -0.4 is 10.6 Å². The van der Waals surface area contributed by atoms with Crippen LogP contribution >= 0.6 is 0 Å². The fourth-order valence-corrected chi connectivity index (χ4v) is 2.85. The molecule has 0 spiro atoms. The number of ether oxygens (including phenoxy) is 1. The smallest absolute Gasteiger partial charge is 0.408 e. The van der Waals surface area contributed by atoms with Crippen molar-refractivity contribution < 1.29 is 14.6 Å². The molecule has 1 aliphatic rings. The molecule has 1 aromatic carbocycles. The number of hydrogen-bond donors (Lipinski definition) is 3. The summed E-state index contributed by atoms with van der Waals surface area (Å²) in [6, 6.07) is 5.86. The highest BCUT2D eigenvalue weighted by molar-refractivity contribution is 5.68. The van der Waals surface area contributed by atoms with E-state index in [1.165, 1.54) is 0 Å². The Hall–Kier alpha value is -1.75. The number of nitrogens with one attached hydrogen (secondary N) is 2. The van der Waals surface area contributed by atoms with Gasteiger partial charge < -0.3 is 20.5 Å². The van der Waals surface area contributed by atoms with Gasteiger partial charge in [-0.15, -0.1) is 0 Å². The van der Waals surface area contributed by atoms with Gasteiger partial charge in [-0.05, 0) is 64.7 Å². The first-order valence-electron chi connectivity index (χ1n) is 8.13. The molecule has 1 aliphatic carbocycles. The fraction of sp³-hybridized carbons (Fsp3) is 0.611. The van der Waals surface area contributed by atoms with Gasteiger partial charge in [0, 0.05) is 12.6 Å². The molecule has 2 rings (SSSR count). The summed E-state index contributed by atoms with van der Waals surface area (Å²) < 4.78 is 5.31. The van der Waals surface area contributed by atoms with Gasteiger partial charge in [-0.25, -0.2) is 4.79 Å². The molecule has 23 heavy (non-hydrogen) atoms. The van der Waals surface area contributed by atoms with Crippen LogP contribution in [0.5, 0.6) is 5.75 Å². The van der Waals surface area contributed by atoms with Crippen LogP contribution in [-0.2, 0) is 11.2 Å². The molecule has 5 nitrogen and oxygen atoms in total. The molecule has 0 saturated carbocycles. The Balaban J connectivity index is 1.91. The van der Waals surface area contributed by atoms with E-state index >= 15 is 0 Å². The Labute approximate surface area is 138 Å². The average Bonchev–Trinajstić information content (AvgIpc) is 2.78. The lowest BCUT2D eigenvalue weighted by Crippen LogP contribution is -2.52. The largest absolute Gasteiger partial charge is 0.508 e. The lowest BCUT2D eigenvalue weighted by atomic mass is 10.0. The molecule has 0 heterocycles. The van der Waals surface area contributed by atoms with E-state index in [0.717, 1.165) is 24.0 Å². The second-order valence-corrected chi connectivity index (χ2v) is 7.83. The summed E-state index contributed by atoms with van der Waals surface area (Å²) in [6.07, 6.45) is 1.42. The predicted octanol–water partition coefficient (Wildman–Crippen LogP) is 3.27. The topological polar surface area (TPSA) is 70.6 Å². The SMILES string of the molecule is CC(C)(CNC1CCc2c(O)cccc21)NC(=O)OC(C)(C)C. The quantitative estimate of drug-likeness (QED) is 0.796. The molecule has 1 aromatic rings. The summed E-state index contributed by atoms with van der Waals surface area (Å²) in [4.78, 5) is 11.9. The van der Waals surface area contributed by atoms with E-state index in [4.69, 9.17) is 4.74 Å². The van der Waals surface area contributed by atoms with Crippen LogP contribution in [0.1, 0.15) is 58.2 Å². The maximum absolute atomic E-state index is 11.9. The molecule has 0 bridgehead atoms. The molecular weight excluding hydrogens is 292 g/mol. The maximum atomic E-state index is 11.9. The van der Waals surface area contributed by atoms with Crippen LogP contribution in [0.2, 0.25) is 0 Å². The summed E-state index contributed by atoms with van der Waals surface area (Å²) in [7, 11) is 0. The number of benzene rings is 1. The van der Waals surface area contributed by atoms with Crippen molar-refractivity contribution in [3.05, 3.63) is 29.3 Å². The molecule has 1 atom stereocenters. The van der Waals surface area contributed by atoms with Crippen molar-refractivity contribution in [1.82, 2.24) is 10.6 Å². The van der Waals surface area contributed by atoms with Crippen LogP contribution in [0.25, 0.3) is 0 Å². The Kier molecular flexibility index (Phi) is 4.90. The minimum Gasteiger partial charge on any atom is -0.508 e. The van der Waals surface area contributed by atoms with Crippen molar-refractivity contribution in [2.24, 2.45) is 0 Å². The van der Waals surface area contributed by atoms with Crippen LogP contribution in [0.4, 0.5) is 4.79 Å². The van der Waals surface area contributed by atoms with Crippen LogP contribution in [0, 0.1) is 0 Å². The summed E-state index contributed by atoms with van der Waals surface area (Å²) in [5.74, 6) is 0.373. The third-order valence-electron chi connectivity index (χ3n) is 3.88. The number of amides is 1. The van der Waals surface area contributed by atoms with E-state index in [-0.39, 0.29) is 6.04 Å². The molecule has 128 valence electrons. The summed E-state index contributed by atoms with van der Waals surface area (Å²) in [5.41, 5.74) is 1.25. The summed E-state index contributed by atoms with van der Waals surface area (Å²) >= 11 is 0. The Morgan fingerprint density at radius 1 is 1.30 bits per heavy atom. The molecule has 3 N–H and O–H groups in total. The minimum atomic E-state index is -0.504. The monoisotopic (exact) mass is 320 g/mol. The third kappa shape index (κ3) is 4.86. The van der Waals surface area contributed by atoms with E-state index in [0.29, 0.717) is 12.3 Å². The number of rotatable bonds is 4. The van der Waals surface area contributed by atoms with E-state index in [1.54, 1.807) is 6.07 Å². The maximum Gasteiger partial charge on any atom is 0.408 e. The van der Waals surface area contributed by atoms with E-state index in [1.807, 2.05) is 46.8 Å². The van der Waals surface area contributed by atoms with Gasteiger partial charge in [-0.3, -0.25) is 0 Å². The number of phenols is 1. The molecule has 5 heteroatoms. The van der Waals surface area contributed by atoms with E-state index in [9.17, 15) is 9.90 Å². The second kappa shape index (κ2) is 6.40. The summed E-state index contributed by atoms with van der Waals surface area (Å²) in [5, 5.41) is 16.3. The molecule has 0 radical (unpaired) electrons. The van der Waals surface area contributed by atoms with Crippen molar-refractivity contribution in [2.75, 3.05) is 6.54 Å². The van der Waals surface area contributed by atoms with Gasteiger partial charge in [0.25, 0.3) is 0 Å². The van der Waals surface area contributed by atoms with Crippen molar-refractivity contribution in [3.63, 3.8) is 0 Å². The third-order valence-corrected chi connectivity index (χ3v) is 3.88. The first-order chi connectivity index (χ1) is 10.6. The van der Waals surface area contributed by atoms with Gasteiger partial charge in [-0.1, -0.05) is 12.1 Å². The number of phenolic OH excluding ortho intramolecular Hbond substituents is 1. The first-order valence-corrected chi connectivity index (χ1v) is 8.13. The second-order valence-electron chi connectivity index (χ2n) is 7.83. The zero-order valence-corrected chi connectivity index (χ0v) is 14.7. The zero-order chi connectivity index (χ0) is 17.3. The van der Waals surface area contributed by atoms with Crippen molar-refractivity contribution >= 4 is 6.09 Å².